The number of carbonyl (C=O) groups is 1. The molecule has 6 heteroatoms. The van der Waals surface area contributed by atoms with Crippen LogP contribution in [0, 0.1) is 5.92 Å². The lowest BCUT2D eigenvalue weighted by Gasteiger charge is -2.33. The molecule has 2 heterocycles. The van der Waals surface area contributed by atoms with Gasteiger partial charge in [0.05, 0.1) is 5.69 Å². The van der Waals surface area contributed by atoms with Crippen LogP contribution >= 0.6 is 0 Å². The topological polar surface area (TPSA) is 63.1 Å². The summed E-state index contributed by atoms with van der Waals surface area (Å²) in [7, 11) is 0. The van der Waals surface area contributed by atoms with E-state index in [2.05, 4.69) is 21.8 Å². The van der Waals surface area contributed by atoms with Gasteiger partial charge in [0.15, 0.2) is 0 Å². The van der Waals surface area contributed by atoms with Crippen LogP contribution in [0.4, 0.5) is 4.79 Å². The normalized spacial score (nSPS) is 23.4. The molecule has 3 fully saturated rings. The number of carbonyl (C=O) groups excluding carboxylic acids is 1. The molecule has 0 atom stereocenters. The average Bonchev–Trinajstić information content (AvgIpc) is 3.42. The molecule has 6 nitrogen and oxygen atoms in total. The van der Waals surface area contributed by atoms with E-state index in [4.69, 9.17) is 0 Å². The zero-order valence-electron chi connectivity index (χ0n) is 15.2. The van der Waals surface area contributed by atoms with E-state index in [-0.39, 0.29) is 6.03 Å². The first-order valence-corrected chi connectivity index (χ1v) is 10.2. The summed E-state index contributed by atoms with van der Waals surface area (Å²) in [5.41, 5.74) is 1.17. The Bertz CT molecular complexity index is 566. The number of nitrogens with one attached hydrogen (secondary N) is 1. The van der Waals surface area contributed by atoms with Crippen molar-refractivity contribution in [3.05, 3.63) is 11.9 Å². The van der Waals surface area contributed by atoms with Crippen LogP contribution in [0.1, 0.15) is 75.8 Å². The average molecular weight is 345 g/mol. The smallest absolute Gasteiger partial charge is 0.317 e. The molecule has 2 saturated carbocycles. The first-order valence-electron chi connectivity index (χ1n) is 10.2. The zero-order chi connectivity index (χ0) is 17.1. The predicted octanol–water partition coefficient (Wildman–Crippen LogP) is 3.30. The highest BCUT2D eigenvalue weighted by molar-refractivity contribution is 5.74. The van der Waals surface area contributed by atoms with Crippen LogP contribution in [0.2, 0.25) is 0 Å². The Morgan fingerprint density at radius 2 is 1.76 bits per heavy atom. The molecule has 2 aliphatic carbocycles. The largest absolute Gasteiger partial charge is 0.335 e. The summed E-state index contributed by atoms with van der Waals surface area (Å²) in [6, 6.07) is 0.547. The zero-order valence-corrected chi connectivity index (χ0v) is 15.2. The van der Waals surface area contributed by atoms with Gasteiger partial charge >= 0.3 is 6.03 Å². The van der Waals surface area contributed by atoms with Crippen LogP contribution in [0.5, 0.6) is 0 Å². The number of urea groups is 1. The van der Waals surface area contributed by atoms with E-state index in [0.29, 0.717) is 17.9 Å². The summed E-state index contributed by atoms with van der Waals surface area (Å²) in [6.45, 7) is 2.68. The van der Waals surface area contributed by atoms with Gasteiger partial charge in [-0.05, 0) is 44.4 Å². The number of aromatic nitrogens is 3. The van der Waals surface area contributed by atoms with E-state index in [1.165, 1.54) is 44.2 Å². The molecule has 1 N–H and O–H groups in total. The van der Waals surface area contributed by atoms with Crippen molar-refractivity contribution in [2.24, 2.45) is 5.92 Å². The van der Waals surface area contributed by atoms with Gasteiger partial charge in [0, 0.05) is 37.8 Å². The highest BCUT2D eigenvalue weighted by Crippen LogP contribution is 2.38. The molecule has 138 valence electrons. The van der Waals surface area contributed by atoms with Crippen molar-refractivity contribution in [1.29, 1.82) is 0 Å². The molecule has 0 bridgehead atoms. The van der Waals surface area contributed by atoms with Crippen molar-refractivity contribution in [3.63, 3.8) is 0 Å². The Labute approximate surface area is 150 Å². The molecule has 0 aromatic carbocycles. The minimum Gasteiger partial charge on any atom is -0.335 e. The first-order chi connectivity index (χ1) is 12.3. The number of likely N-dealkylation sites (tertiary alicyclic amines) is 1. The minimum atomic E-state index is 0.155. The molecule has 2 amide bonds. The Hall–Kier alpha value is -1.59. The number of piperidine rings is 1. The van der Waals surface area contributed by atoms with Crippen molar-refractivity contribution in [2.75, 3.05) is 13.1 Å². The maximum absolute atomic E-state index is 12.5. The van der Waals surface area contributed by atoms with Gasteiger partial charge in [-0.1, -0.05) is 30.9 Å². The van der Waals surface area contributed by atoms with Gasteiger partial charge in [-0.25, -0.2) is 4.79 Å². The number of amides is 2. The van der Waals surface area contributed by atoms with E-state index >= 15 is 0 Å². The van der Waals surface area contributed by atoms with Crippen LogP contribution < -0.4 is 5.32 Å². The van der Waals surface area contributed by atoms with Gasteiger partial charge in [-0.15, -0.1) is 5.10 Å². The van der Waals surface area contributed by atoms with Crippen molar-refractivity contribution in [3.8, 4) is 0 Å². The molecule has 0 spiro atoms. The summed E-state index contributed by atoms with van der Waals surface area (Å²) in [5, 5.41) is 11.9. The summed E-state index contributed by atoms with van der Waals surface area (Å²) in [6.07, 6.45) is 14.3. The number of rotatable bonds is 4. The third-order valence-corrected chi connectivity index (χ3v) is 6.08. The molecule has 25 heavy (non-hydrogen) atoms. The Morgan fingerprint density at radius 1 is 1.04 bits per heavy atom. The van der Waals surface area contributed by atoms with Crippen LogP contribution in [0.25, 0.3) is 0 Å². The van der Waals surface area contributed by atoms with Gasteiger partial charge in [0.25, 0.3) is 0 Å². The second-order valence-corrected chi connectivity index (χ2v) is 8.21. The molecular formula is C19H31N5O. The summed E-state index contributed by atoms with van der Waals surface area (Å²) >= 11 is 0. The SMILES string of the molecule is O=C(NC1CCCCCC1)N1CCC(Cn2cc(C3CC3)nn2)CC1. The molecule has 0 radical (unpaired) electrons. The molecule has 1 aromatic rings. The number of hydrogen-bond acceptors (Lipinski definition) is 3. The lowest BCUT2D eigenvalue weighted by atomic mass is 9.97. The quantitative estimate of drug-likeness (QED) is 0.852. The van der Waals surface area contributed by atoms with Crippen molar-refractivity contribution in [2.45, 2.75) is 82.7 Å². The van der Waals surface area contributed by atoms with E-state index < -0.39 is 0 Å². The van der Waals surface area contributed by atoms with Crippen LogP contribution in [-0.4, -0.2) is 45.1 Å². The monoisotopic (exact) mass is 345 g/mol. The molecule has 3 aliphatic rings. The third-order valence-electron chi connectivity index (χ3n) is 6.08. The standard InChI is InChI=1S/C19H31N5O/c25-19(20-17-5-3-1-2-4-6-17)23-11-9-15(10-12-23)13-24-14-18(21-22-24)16-7-8-16/h14-17H,1-13H2,(H,20,25). The minimum absolute atomic E-state index is 0.155. The van der Waals surface area contributed by atoms with Gasteiger partial charge in [-0.2, -0.15) is 0 Å². The van der Waals surface area contributed by atoms with Crippen LogP contribution in [-0.2, 0) is 6.54 Å². The number of nitrogens with zero attached hydrogens (tertiary/aromatic N) is 4. The van der Waals surface area contributed by atoms with Gasteiger partial charge in [0.1, 0.15) is 0 Å². The summed E-state index contributed by atoms with van der Waals surface area (Å²) in [4.78, 5) is 14.5. The van der Waals surface area contributed by atoms with Gasteiger partial charge in [-0.3, -0.25) is 4.68 Å². The molecule has 4 rings (SSSR count). The summed E-state index contributed by atoms with van der Waals surface area (Å²) in [5.74, 6) is 1.28. The molecule has 1 saturated heterocycles. The first kappa shape index (κ1) is 16.9. The van der Waals surface area contributed by atoms with Crippen LogP contribution in [0.15, 0.2) is 6.20 Å². The van der Waals surface area contributed by atoms with Gasteiger partial charge < -0.3 is 10.2 Å². The molecular weight excluding hydrogens is 314 g/mol. The highest BCUT2D eigenvalue weighted by Gasteiger charge is 2.28. The van der Waals surface area contributed by atoms with Crippen molar-refractivity contribution < 1.29 is 4.79 Å². The highest BCUT2D eigenvalue weighted by atomic mass is 16.2. The fourth-order valence-electron chi connectivity index (χ4n) is 4.24. The van der Waals surface area contributed by atoms with Crippen LogP contribution in [0.3, 0.4) is 0 Å². The lowest BCUT2D eigenvalue weighted by molar-refractivity contribution is 0.160. The Balaban J connectivity index is 1.21. The molecule has 1 aromatic heterocycles. The van der Waals surface area contributed by atoms with E-state index in [9.17, 15) is 4.79 Å². The maximum atomic E-state index is 12.5. The fraction of sp³-hybridized carbons (Fsp3) is 0.842. The van der Waals surface area contributed by atoms with E-state index in [1.807, 2.05) is 9.58 Å². The number of hydrogen-bond donors (Lipinski definition) is 1. The second-order valence-electron chi connectivity index (χ2n) is 8.21. The molecule has 1 aliphatic heterocycles. The fourth-order valence-corrected chi connectivity index (χ4v) is 4.24. The lowest BCUT2D eigenvalue weighted by Crippen LogP contribution is -2.48. The third kappa shape index (κ3) is 4.53. The summed E-state index contributed by atoms with van der Waals surface area (Å²) < 4.78 is 2.01. The Morgan fingerprint density at radius 3 is 2.44 bits per heavy atom. The van der Waals surface area contributed by atoms with Gasteiger partial charge in [0.2, 0.25) is 0 Å². The van der Waals surface area contributed by atoms with Crippen molar-refractivity contribution in [1.82, 2.24) is 25.2 Å². The van der Waals surface area contributed by atoms with Crippen molar-refractivity contribution >= 4 is 6.03 Å². The second kappa shape index (κ2) is 7.75. The van der Waals surface area contributed by atoms with E-state index in [0.717, 1.165) is 45.3 Å². The Kier molecular flexibility index (Phi) is 5.22. The van der Waals surface area contributed by atoms with E-state index in [1.54, 1.807) is 0 Å². The molecule has 0 unspecified atom stereocenters. The predicted molar refractivity (Wildman–Crippen MR) is 96.3 cm³/mol. The maximum Gasteiger partial charge on any atom is 0.317 e.